The first-order valence-electron chi connectivity index (χ1n) is 6.36. The minimum atomic E-state index is -3.75. The number of sulfonamides is 1. The van der Waals surface area contributed by atoms with Gasteiger partial charge < -0.3 is 0 Å². The van der Waals surface area contributed by atoms with E-state index in [0.717, 1.165) is 32.1 Å². The van der Waals surface area contributed by atoms with Gasteiger partial charge in [-0.2, -0.15) is 4.31 Å². The highest BCUT2D eigenvalue weighted by atomic mass is 79.9. The summed E-state index contributed by atoms with van der Waals surface area (Å²) in [5.74, 6) is -0.711. The van der Waals surface area contributed by atoms with E-state index in [9.17, 15) is 12.8 Å². The maximum absolute atomic E-state index is 13.8. The summed E-state index contributed by atoms with van der Waals surface area (Å²) in [7, 11) is -2.20. The van der Waals surface area contributed by atoms with Gasteiger partial charge in [0.2, 0.25) is 10.0 Å². The summed E-state index contributed by atoms with van der Waals surface area (Å²) < 4.78 is 40.6. The van der Waals surface area contributed by atoms with Gasteiger partial charge in [0, 0.05) is 17.6 Å². The van der Waals surface area contributed by atoms with E-state index in [0.29, 0.717) is 4.47 Å². The minimum Gasteiger partial charge on any atom is -0.207 e. The van der Waals surface area contributed by atoms with E-state index in [1.165, 1.54) is 16.4 Å². The zero-order chi connectivity index (χ0) is 14.0. The van der Waals surface area contributed by atoms with Gasteiger partial charge >= 0.3 is 0 Å². The van der Waals surface area contributed by atoms with Crippen molar-refractivity contribution in [1.29, 1.82) is 0 Å². The second kappa shape index (κ2) is 5.89. The topological polar surface area (TPSA) is 37.4 Å². The fourth-order valence-electron chi connectivity index (χ4n) is 2.48. The summed E-state index contributed by atoms with van der Waals surface area (Å²) >= 11 is 3.13. The Hall–Kier alpha value is -0.460. The fraction of sp³-hybridized carbons (Fsp3) is 0.538. The minimum absolute atomic E-state index is 0.0122. The zero-order valence-electron chi connectivity index (χ0n) is 10.8. The predicted octanol–water partition coefficient (Wildman–Crippen LogP) is 3.54. The van der Waals surface area contributed by atoms with Crippen LogP contribution in [0.15, 0.2) is 27.6 Å². The number of hydrogen-bond donors (Lipinski definition) is 0. The van der Waals surface area contributed by atoms with E-state index in [-0.39, 0.29) is 10.9 Å². The molecule has 0 aliphatic heterocycles. The quantitative estimate of drug-likeness (QED) is 0.836. The molecule has 1 aromatic carbocycles. The van der Waals surface area contributed by atoms with Crippen LogP contribution in [0.25, 0.3) is 0 Å². The molecule has 0 amide bonds. The summed E-state index contributed by atoms with van der Waals surface area (Å²) in [6.45, 7) is 0. The highest BCUT2D eigenvalue weighted by Crippen LogP contribution is 2.28. The first kappa shape index (κ1) is 14.9. The summed E-state index contributed by atoms with van der Waals surface area (Å²) in [5.41, 5.74) is 0. The van der Waals surface area contributed by atoms with Gasteiger partial charge in [-0.15, -0.1) is 0 Å². The average Bonchev–Trinajstić information content (AvgIpc) is 2.38. The number of halogens is 2. The van der Waals surface area contributed by atoms with E-state index < -0.39 is 15.8 Å². The normalized spacial score (nSPS) is 17.9. The monoisotopic (exact) mass is 349 g/mol. The van der Waals surface area contributed by atoms with Crippen LogP contribution in [-0.2, 0) is 10.0 Å². The molecule has 0 saturated heterocycles. The van der Waals surface area contributed by atoms with Gasteiger partial charge in [-0.1, -0.05) is 35.2 Å². The molecule has 0 atom stereocenters. The van der Waals surface area contributed by atoms with Gasteiger partial charge in [0.25, 0.3) is 0 Å². The van der Waals surface area contributed by atoms with Crippen molar-refractivity contribution in [3.05, 3.63) is 28.5 Å². The summed E-state index contributed by atoms with van der Waals surface area (Å²) in [4.78, 5) is -0.247. The fourth-order valence-corrected chi connectivity index (χ4v) is 4.27. The molecule has 19 heavy (non-hydrogen) atoms. The van der Waals surface area contributed by atoms with Crippen LogP contribution in [0, 0.1) is 5.82 Å². The lowest BCUT2D eigenvalue weighted by Gasteiger charge is -2.30. The molecule has 0 bridgehead atoms. The zero-order valence-corrected chi connectivity index (χ0v) is 13.2. The Morgan fingerprint density at radius 1 is 1.26 bits per heavy atom. The molecule has 1 fully saturated rings. The summed E-state index contributed by atoms with van der Waals surface area (Å²) in [5, 5.41) is 0. The van der Waals surface area contributed by atoms with Gasteiger partial charge in [0.15, 0.2) is 0 Å². The molecule has 0 N–H and O–H groups in total. The van der Waals surface area contributed by atoms with Crippen LogP contribution >= 0.6 is 15.9 Å². The van der Waals surface area contributed by atoms with E-state index in [1.54, 1.807) is 13.1 Å². The van der Waals surface area contributed by atoms with Crippen molar-refractivity contribution < 1.29 is 12.8 Å². The molecule has 1 aliphatic carbocycles. The smallest absolute Gasteiger partial charge is 0.207 e. The Bertz CT molecular complexity index is 556. The van der Waals surface area contributed by atoms with Gasteiger partial charge in [-0.3, -0.25) is 0 Å². The van der Waals surface area contributed by atoms with Gasteiger partial charge in [0.05, 0.1) is 0 Å². The van der Waals surface area contributed by atoms with Crippen molar-refractivity contribution in [2.24, 2.45) is 0 Å². The third-order valence-corrected chi connectivity index (χ3v) is 6.08. The van der Waals surface area contributed by atoms with Crippen molar-refractivity contribution in [3.63, 3.8) is 0 Å². The third kappa shape index (κ3) is 3.17. The van der Waals surface area contributed by atoms with Crippen molar-refractivity contribution in [1.82, 2.24) is 4.31 Å². The third-order valence-electron chi connectivity index (χ3n) is 3.64. The standard InChI is InChI=1S/C13H17BrFNO2S/c1-16(11-5-3-2-4-6-11)19(17,18)13-8-7-10(14)9-12(13)15/h7-9,11H,2-6H2,1H3. The van der Waals surface area contributed by atoms with Crippen LogP contribution in [0.5, 0.6) is 0 Å². The SMILES string of the molecule is CN(C1CCCCC1)S(=O)(=O)c1ccc(Br)cc1F. The molecule has 1 aliphatic rings. The lowest BCUT2D eigenvalue weighted by atomic mass is 9.96. The Morgan fingerprint density at radius 3 is 2.47 bits per heavy atom. The number of nitrogens with zero attached hydrogens (tertiary/aromatic N) is 1. The molecule has 3 nitrogen and oxygen atoms in total. The van der Waals surface area contributed by atoms with Crippen LogP contribution in [0.1, 0.15) is 32.1 Å². The molecule has 0 heterocycles. The van der Waals surface area contributed by atoms with E-state index in [1.807, 2.05) is 0 Å². The molecule has 1 aromatic rings. The second-order valence-corrected chi connectivity index (χ2v) is 7.77. The van der Waals surface area contributed by atoms with Gasteiger partial charge in [-0.05, 0) is 31.0 Å². The van der Waals surface area contributed by atoms with Crippen molar-refractivity contribution in [2.45, 2.75) is 43.0 Å². The maximum Gasteiger partial charge on any atom is 0.245 e. The first-order chi connectivity index (χ1) is 8.93. The number of hydrogen-bond acceptors (Lipinski definition) is 2. The molecule has 0 aromatic heterocycles. The Kier molecular flexibility index (Phi) is 4.63. The molecular formula is C13H17BrFNO2S. The highest BCUT2D eigenvalue weighted by Gasteiger charge is 2.30. The lowest BCUT2D eigenvalue weighted by Crippen LogP contribution is -2.38. The van der Waals surface area contributed by atoms with Crippen LogP contribution in [0.4, 0.5) is 4.39 Å². The Balaban J connectivity index is 2.30. The van der Waals surface area contributed by atoms with E-state index in [4.69, 9.17) is 0 Å². The lowest BCUT2D eigenvalue weighted by molar-refractivity contribution is 0.285. The second-order valence-electron chi connectivity index (χ2n) is 4.89. The molecule has 6 heteroatoms. The van der Waals surface area contributed by atoms with E-state index in [2.05, 4.69) is 15.9 Å². The molecule has 1 saturated carbocycles. The number of rotatable bonds is 3. The molecular weight excluding hydrogens is 333 g/mol. The van der Waals surface area contributed by atoms with Gasteiger partial charge in [0.1, 0.15) is 10.7 Å². The number of benzene rings is 1. The molecule has 106 valence electrons. The summed E-state index contributed by atoms with van der Waals surface area (Å²) in [6.07, 6.45) is 4.93. The van der Waals surface area contributed by atoms with Crippen LogP contribution < -0.4 is 0 Å². The van der Waals surface area contributed by atoms with Crippen LogP contribution in [-0.4, -0.2) is 25.8 Å². The van der Waals surface area contributed by atoms with E-state index >= 15 is 0 Å². The highest BCUT2D eigenvalue weighted by molar-refractivity contribution is 9.10. The summed E-state index contributed by atoms with van der Waals surface area (Å²) in [6, 6.07) is 4.03. The Morgan fingerprint density at radius 2 is 1.89 bits per heavy atom. The van der Waals surface area contributed by atoms with Crippen LogP contribution in [0.2, 0.25) is 0 Å². The average molecular weight is 350 g/mol. The molecule has 0 radical (unpaired) electrons. The molecule has 0 spiro atoms. The Labute approximate surface area is 122 Å². The maximum atomic E-state index is 13.8. The molecule has 0 unspecified atom stereocenters. The van der Waals surface area contributed by atoms with Crippen LogP contribution in [0.3, 0.4) is 0 Å². The van der Waals surface area contributed by atoms with Crippen molar-refractivity contribution in [3.8, 4) is 0 Å². The predicted molar refractivity (Wildman–Crippen MR) is 75.9 cm³/mol. The largest absolute Gasteiger partial charge is 0.245 e. The molecule has 2 rings (SSSR count). The van der Waals surface area contributed by atoms with Gasteiger partial charge in [-0.25, -0.2) is 12.8 Å². The first-order valence-corrected chi connectivity index (χ1v) is 8.59. The van der Waals surface area contributed by atoms with Crippen molar-refractivity contribution in [2.75, 3.05) is 7.05 Å². The van der Waals surface area contributed by atoms with Crippen molar-refractivity contribution >= 4 is 26.0 Å².